The van der Waals surface area contributed by atoms with Crippen LogP contribution in [-0.4, -0.2) is 52.8 Å². The van der Waals surface area contributed by atoms with Crippen molar-refractivity contribution in [1.29, 1.82) is 0 Å². The average Bonchev–Trinajstić information content (AvgIpc) is 2.99. The first-order valence-electron chi connectivity index (χ1n) is 14.0. The van der Waals surface area contributed by atoms with Gasteiger partial charge in [-0.3, -0.25) is 14.6 Å². The van der Waals surface area contributed by atoms with Crippen molar-refractivity contribution < 1.29 is 18.4 Å². The summed E-state index contributed by atoms with van der Waals surface area (Å²) in [7, 11) is 3.61. The molecule has 5 nitrogen and oxygen atoms in total. The lowest BCUT2D eigenvalue weighted by Crippen LogP contribution is -2.34. The molecule has 0 saturated carbocycles. The van der Waals surface area contributed by atoms with Crippen LogP contribution in [0.15, 0.2) is 91.1 Å². The number of aromatic nitrogens is 1. The molecule has 220 valence electrons. The van der Waals surface area contributed by atoms with Gasteiger partial charge in [-0.1, -0.05) is 54.6 Å². The Labute approximate surface area is 247 Å². The van der Waals surface area contributed by atoms with Crippen molar-refractivity contribution in [1.82, 2.24) is 14.8 Å². The van der Waals surface area contributed by atoms with Crippen LogP contribution in [0.3, 0.4) is 0 Å². The Balaban J connectivity index is 0.000000231. The molecule has 0 aliphatic heterocycles. The van der Waals surface area contributed by atoms with Gasteiger partial charge in [0.05, 0.1) is 18.5 Å². The number of carbonyl (C=O) groups excluding carboxylic acids is 2. The molecule has 0 bridgehead atoms. The minimum atomic E-state index is -0.478. The van der Waals surface area contributed by atoms with E-state index in [0.717, 1.165) is 34.5 Å². The molecule has 0 fully saturated rings. The average molecular weight is 572 g/mol. The number of hydrogen-bond donors (Lipinski definition) is 0. The predicted octanol–water partition coefficient (Wildman–Crippen LogP) is 7.20. The van der Waals surface area contributed by atoms with Crippen LogP contribution < -0.4 is 0 Å². The van der Waals surface area contributed by atoms with E-state index in [1.807, 2.05) is 77.2 Å². The van der Waals surface area contributed by atoms with Crippen LogP contribution in [-0.2, 0) is 22.4 Å². The van der Waals surface area contributed by atoms with Gasteiger partial charge in [-0.2, -0.15) is 0 Å². The van der Waals surface area contributed by atoms with Gasteiger partial charge in [-0.05, 0) is 74.7 Å². The molecule has 0 spiro atoms. The second-order valence-corrected chi connectivity index (χ2v) is 10.8. The summed E-state index contributed by atoms with van der Waals surface area (Å²) >= 11 is 0. The number of nitrogens with zero attached hydrogens (tertiary/aromatic N) is 3. The zero-order chi connectivity index (χ0) is 30.8. The van der Waals surface area contributed by atoms with Crippen LogP contribution in [0.2, 0.25) is 0 Å². The van der Waals surface area contributed by atoms with E-state index in [4.69, 9.17) is 0 Å². The fraction of sp³-hybridized carbons (Fsp3) is 0.286. The molecule has 4 rings (SSSR count). The topological polar surface area (TPSA) is 53.5 Å². The molecule has 3 aromatic carbocycles. The molecule has 0 atom stereocenters. The minimum Gasteiger partial charge on any atom is -0.343 e. The lowest BCUT2D eigenvalue weighted by Gasteiger charge is -2.21. The van der Waals surface area contributed by atoms with E-state index in [1.165, 1.54) is 6.07 Å². The van der Waals surface area contributed by atoms with E-state index in [1.54, 1.807) is 47.3 Å². The molecular formula is C35H39F2N3O2. The van der Waals surface area contributed by atoms with E-state index in [2.05, 4.69) is 4.98 Å². The van der Waals surface area contributed by atoms with Crippen LogP contribution >= 0.6 is 0 Å². The second-order valence-electron chi connectivity index (χ2n) is 10.8. The molecular weight excluding hydrogens is 532 g/mol. The maximum atomic E-state index is 13.7. The highest BCUT2D eigenvalue weighted by molar-refractivity contribution is 5.79. The first-order chi connectivity index (χ1) is 20.0. The summed E-state index contributed by atoms with van der Waals surface area (Å²) < 4.78 is 27.0. The van der Waals surface area contributed by atoms with Crippen LogP contribution in [0.5, 0.6) is 0 Å². The third kappa shape index (κ3) is 9.06. The van der Waals surface area contributed by atoms with Gasteiger partial charge in [0, 0.05) is 43.5 Å². The smallest absolute Gasteiger partial charge is 0.226 e. The number of likely N-dealkylation sites (N-methyl/N-ethyl adjacent to an activating group) is 2. The molecule has 4 aromatic rings. The second kappa shape index (κ2) is 15.0. The highest BCUT2D eigenvalue weighted by Gasteiger charge is 2.14. The zero-order valence-corrected chi connectivity index (χ0v) is 25.1. The summed E-state index contributed by atoms with van der Waals surface area (Å²) in [5.74, 6) is -0.774. The largest absolute Gasteiger partial charge is 0.343 e. The van der Waals surface area contributed by atoms with E-state index in [-0.39, 0.29) is 29.5 Å². The third-order valence-corrected chi connectivity index (χ3v) is 7.15. The molecule has 0 saturated heterocycles. The highest BCUT2D eigenvalue weighted by atomic mass is 19.1. The van der Waals surface area contributed by atoms with Crippen molar-refractivity contribution >= 4 is 11.8 Å². The number of halogens is 2. The SMILES string of the molecule is CC(C)N(C)C(=O)Cc1ccc(-c2cc(F)ccc2F)cc1.CC(C)N(C)C(=O)Cc1ccc(-c2ccccn2)cc1. The molecule has 0 unspecified atom stereocenters. The predicted molar refractivity (Wildman–Crippen MR) is 165 cm³/mol. The fourth-order valence-corrected chi connectivity index (χ4v) is 4.02. The fourth-order valence-electron chi connectivity index (χ4n) is 4.02. The lowest BCUT2D eigenvalue weighted by atomic mass is 10.0. The van der Waals surface area contributed by atoms with Gasteiger partial charge in [0.1, 0.15) is 11.6 Å². The Kier molecular flexibility index (Phi) is 11.5. The Bertz CT molecular complexity index is 1450. The highest BCUT2D eigenvalue weighted by Crippen LogP contribution is 2.24. The summed E-state index contributed by atoms with van der Waals surface area (Å²) in [6.07, 6.45) is 2.52. The quantitative estimate of drug-likeness (QED) is 0.225. The first-order valence-corrected chi connectivity index (χ1v) is 14.0. The maximum Gasteiger partial charge on any atom is 0.226 e. The molecule has 0 radical (unpaired) electrons. The van der Waals surface area contributed by atoms with Gasteiger partial charge in [0.2, 0.25) is 11.8 Å². The van der Waals surface area contributed by atoms with Crippen molar-refractivity contribution in [3.8, 4) is 22.4 Å². The van der Waals surface area contributed by atoms with Gasteiger partial charge < -0.3 is 9.80 Å². The number of hydrogen-bond acceptors (Lipinski definition) is 3. The number of pyridine rings is 1. The first kappa shape index (κ1) is 32.1. The van der Waals surface area contributed by atoms with Crippen LogP contribution in [0.1, 0.15) is 38.8 Å². The van der Waals surface area contributed by atoms with Crippen molar-refractivity contribution in [2.75, 3.05) is 14.1 Å². The molecule has 1 heterocycles. The van der Waals surface area contributed by atoms with Crippen molar-refractivity contribution in [3.63, 3.8) is 0 Å². The van der Waals surface area contributed by atoms with Crippen molar-refractivity contribution in [2.45, 2.75) is 52.6 Å². The van der Waals surface area contributed by atoms with Crippen LogP contribution in [0, 0.1) is 11.6 Å². The van der Waals surface area contributed by atoms with Gasteiger partial charge in [-0.15, -0.1) is 0 Å². The van der Waals surface area contributed by atoms with E-state index < -0.39 is 11.6 Å². The Morgan fingerprint density at radius 1 is 0.690 bits per heavy atom. The third-order valence-electron chi connectivity index (χ3n) is 7.15. The van der Waals surface area contributed by atoms with Crippen LogP contribution in [0.4, 0.5) is 8.78 Å². The molecule has 42 heavy (non-hydrogen) atoms. The standard InChI is InChI=1S/C18H19F2NO.C17H20N2O/c1-12(2)21(3)18(22)10-13-4-6-14(7-5-13)16-11-15(19)8-9-17(16)20;1-13(2)19(3)17(20)12-14-7-9-15(10-8-14)16-6-4-5-11-18-16/h4-9,11-12H,10H2,1-3H3;4-11,13H,12H2,1-3H3. The maximum absolute atomic E-state index is 13.7. The molecule has 1 aromatic heterocycles. The molecule has 7 heteroatoms. The molecule has 0 N–H and O–H groups in total. The lowest BCUT2D eigenvalue weighted by molar-refractivity contribution is -0.131. The monoisotopic (exact) mass is 571 g/mol. The molecule has 0 aliphatic rings. The summed E-state index contributed by atoms with van der Waals surface area (Å²) in [4.78, 5) is 31.8. The minimum absolute atomic E-state index is 0.0275. The normalized spacial score (nSPS) is 10.7. The summed E-state index contributed by atoms with van der Waals surface area (Å²) in [6, 6.07) is 24.6. The van der Waals surface area contributed by atoms with E-state index >= 15 is 0 Å². The Morgan fingerprint density at radius 2 is 1.19 bits per heavy atom. The van der Waals surface area contributed by atoms with Gasteiger partial charge in [-0.25, -0.2) is 8.78 Å². The summed E-state index contributed by atoms with van der Waals surface area (Å²) in [5, 5.41) is 0. The Hall–Kier alpha value is -4.39. The summed E-state index contributed by atoms with van der Waals surface area (Å²) in [5.41, 5.74) is 4.70. The zero-order valence-electron chi connectivity index (χ0n) is 25.1. The number of carbonyl (C=O) groups is 2. The summed E-state index contributed by atoms with van der Waals surface area (Å²) in [6.45, 7) is 7.94. The molecule has 2 amide bonds. The number of rotatable bonds is 8. The van der Waals surface area contributed by atoms with E-state index in [0.29, 0.717) is 18.4 Å². The van der Waals surface area contributed by atoms with E-state index in [9.17, 15) is 18.4 Å². The van der Waals surface area contributed by atoms with Crippen molar-refractivity contribution in [2.24, 2.45) is 0 Å². The van der Waals surface area contributed by atoms with Crippen molar-refractivity contribution in [3.05, 3.63) is 114 Å². The van der Waals surface area contributed by atoms with Gasteiger partial charge in [0.15, 0.2) is 0 Å². The van der Waals surface area contributed by atoms with Gasteiger partial charge in [0.25, 0.3) is 0 Å². The number of amides is 2. The van der Waals surface area contributed by atoms with Gasteiger partial charge >= 0.3 is 0 Å². The van der Waals surface area contributed by atoms with Crippen LogP contribution in [0.25, 0.3) is 22.4 Å². The molecule has 0 aliphatic carbocycles. The Morgan fingerprint density at radius 3 is 1.64 bits per heavy atom. The number of benzene rings is 3.